The predicted molar refractivity (Wildman–Crippen MR) is 128 cm³/mol. The van der Waals surface area contributed by atoms with Gasteiger partial charge in [0.15, 0.2) is 6.61 Å². The lowest BCUT2D eigenvalue weighted by Crippen LogP contribution is -2.44. The van der Waals surface area contributed by atoms with E-state index in [1.165, 1.54) is 31.2 Å². The maximum Gasteiger partial charge on any atom is 0.338 e. The molecule has 35 heavy (non-hydrogen) atoms. The van der Waals surface area contributed by atoms with Crippen LogP contribution in [0.15, 0.2) is 24.3 Å². The van der Waals surface area contributed by atoms with E-state index in [1.54, 1.807) is 6.92 Å². The van der Waals surface area contributed by atoms with Crippen LogP contribution in [0.5, 0.6) is 0 Å². The summed E-state index contributed by atoms with van der Waals surface area (Å²) in [6.07, 6.45) is 0. The standard InChI is InChI=1S/C22H16Cl4N2O7/c1-3-34-22(33)10-4-6-11(7-5-10)27-12(29)8-35-21(32)9(2)28-19(30)13-14(20(28)31)16(24)18(26)17(25)15(13)23/h4-7,9H,3,8H2,1-2H3,(H,27,29)/t9-/m1/s1. The fraction of sp³-hybridized carbons (Fsp3) is 0.227. The average Bonchev–Trinajstić information content (AvgIpc) is 3.09. The third-order valence-corrected chi connectivity index (χ3v) is 6.69. The quantitative estimate of drug-likeness (QED) is 0.226. The van der Waals surface area contributed by atoms with Gasteiger partial charge in [0.2, 0.25) is 0 Å². The van der Waals surface area contributed by atoms with Gasteiger partial charge in [0.05, 0.1) is 43.4 Å². The highest BCUT2D eigenvalue weighted by atomic mass is 35.5. The number of hydrogen-bond donors (Lipinski definition) is 1. The van der Waals surface area contributed by atoms with Gasteiger partial charge in [-0.3, -0.25) is 19.3 Å². The van der Waals surface area contributed by atoms with Gasteiger partial charge in [-0.2, -0.15) is 0 Å². The molecule has 1 aliphatic heterocycles. The van der Waals surface area contributed by atoms with Gasteiger partial charge >= 0.3 is 11.9 Å². The van der Waals surface area contributed by atoms with Gasteiger partial charge in [-0.15, -0.1) is 0 Å². The van der Waals surface area contributed by atoms with Crippen LogP contribution in [-0.4, -0.2) is 53.8 Å². The molecule has 0 radical (unpaired) electrons. The van der Waals surface area contributed by atoms with Gasteiger partial charge in [0, 0.05) is 5.69 Å². The first kappa shape index (κ1) is 26.7. The van der Waals surface area contributed by atoms with Gasteiger partial charge in [-0.25, -0.2) is 9.59 Å². The number of benzene rings is 2. The van der Waals surface area contributed by atoms with Crippen LogP contribution < -0.4 is 5.32 Å². The van der Waals surface area contributed by atoms with Crippen molar-refractivity contribution in [2.75, 3.05) is 18.5 Å². The lowest BCUT2D eigenvalue weighted by Gasteiger charge is -2.20. The van der Waals surface area contributed by atoms with Gasteiger partial charge in [-0.05, 0) is 38.1 Å². The number of nitrogens with one attached hydrogen (secondary N) is 1. The van der Waals surface area contributed by atoms with E-state index in [0.717, 1.165) is 0 Å². The molecule has 13 heteroatoms. The fourth-order valence-corrected chi connectivity index (χ4v) is 4.20. The van der Waals surface area contributed by atoms with Gasteiger partial charge in [-0.1, -0.05) is 46.4 Å². The molecule has 1 atom stereocenters. The molecule has 9 nitrogen and oxygen atoms in total. The topological polar surface area (TPSA) is 119 Å². The Hall–Kier alpha value is -2.85. The van der Waals surface area contributed by atoms with Crippen LogP contribution in [0.1, 0.15) is 44.9 Å². The Labute approximate surface area is 219 Å². The molecule has 2 aromatic carbocycles. The Morgan fingerprint density at radius 3 is 1.89 bits per heavy atom. The van der Waals surface area contributed by atoms with Gasteiger partial charge in [0.25, 0.3) is 17.7 Å². The maximum atomic E-state index is 12.8. The van der Waals surface area contributed by atoms with Crippen LogP contribution in [0.3, 0.4) is 0 Å². The van der Waals surface area contributed by atoms with E-state index < -0.39 is 42.3 Å². The molecule has 2 aromatic rings. The second-order valence-electron chi connectivity index (χ2n) is 7.12. The minimum absolute atomic E-state index is 0.206. The molecule has 0 aromatic heterocycles. The Kier molecular flexibility index (Phi) is 8.27. The van der Waals surface area contributed by atoms with Crippen molar-refractivity contribution in [1.82, 2.24) is 4.90 Å². The molecule has 184 valence electrons. The minimum Gasteiger partial charge on any atom is -0.462 e. The van der Waals surface area contributed by atoms with Crippen LogP contribution in [-0.2, 0) is 19.1 Å². The number of hydrogen-bond acceptors (Lipinski definition) is 7. The summed E-state index contributed by atoms with van der Waals surface area (Å²) in [4.78, 5) is 62.6. The molecule has 0 bridgehead atoms. The van der Waals surface area contributed by atoms with E-state index in [1.807, 2.05) is 0 Å². The number of amides is 3. The van der Waals surface area contributed by atoms with Crippen molar-refractivity contribution >= 4 is 81.8 Å². The summed E-state index contributed by atoms with van der Waals surface area (Å²) in [5.74, 6) is -4.05. The molecule has 0 fully saturated rings. The average molecular weight is 562 g/mol. The first-order valence-corrected chi connectivity index (χ1v) is 11.5. The zero-order chi connectivity index (χ0) is 26.0. The normalized spacial score (nSPS) is 13.4. The number of carbonyl (C=O) groups is 5. The molecule has 3 rings (SSSR count). The van der Waals surface area contributed by atoms with Crippen molar-refractivity contribution in [3.63, 3.8) is 0 Å². The summed E-state index contributed by atoms with van der Waals surface area (Å²) >= 11 is 24.1. The number of rotatable bonds is 7. The number of carbonyl (C=O) groups excluding carboxylic acids is 5. The van der Waals surface area contributed by atoms with Crippen molar-refractivity contribution in [3.05, 3.63) is 61.0 Å². The van der Waals surface area contributed by atoms with E-state index in [4.69, 9.17) is 55.9 Å². The molecule has 0 spiro atoms. The SMILES string of the molecule is CCOC(=O)c1ccc(NC(=O)COC(=O)[C@@H](C)N2C(=O)c3c(Cl)c(Cl)c(Cl)c(Cl)c3C2=O)cc1. The van der Waals surface area contributed by atoms with E-state index in [2.05, 4.69) is 5.32 Å². The van der Waals surface area contributed by atoms with Crippen LogP contribution >= 0.6 is 46.4 Å². The Morgan fingerprint density at radius 2 is 1.40 bits per heavy atom. The summed E-state index contributed by atoms with van der Waals surface area (Å²) in [5, 5.41) is 1.53. The molecule has 1 heterocycles. The first-order valence-electron chi connectivity index (χ1n) is 9.97. The van der Waals surface area contributed by atoms with Crippen LogP contribution in [0, 0.1) is 0 Å². The lowest BCUT2D eigenvalue weighted by molar-refractivity contribution is -0.150. The second kappa shape index (κ2) is 10.8. The number of fused-ring (bicyclic) bond motifs is 1. The summed E-state index contributed by atoms with van der Waals surface area (Å²) in [5.41, 5.74) is 0.0822. The molecule has 3 amide bonds. The zero-order valence-corrected chi connectivity index (χ0v) is 21.1. The summed E-state index contributed by atoms with van der Waals surface area (Å²) < 4.78 is 9.83. The number of ether oxygens (including phenoxy) is 2. The number of nitrogens with zero attached hydrogens (tertiary/aromatic N) is 1. The molecule has 0 unspecified atom stereocenters. The highest BCUT2D eigenvalue weighted by molar-refractivity contribution is 6.55. The zero-order valence-electron chi connectivity index (χ0n) is 18.1. The Balaban J connectivity index is 1.63. The van der Waals surface area contributed by atoms with E-state index in [-0.39, 0.29) is 37.8 Å². The van der Waals surface area contributed by atoms with Crippen molar-refractivity contribution < 1.29 is 33.4 Å². The monoisotopic (exact) mass is 560 g/mol. The molecule has 0 saturated carbocycles. The minimum atomic E-state index is -1.41. The number of imide groups is 1. The Morgan fingerprint density at radius 1 is 0.886 bits per heavy atom. The van der Waals surface area contributed by atoms with Crippen molar-refractivity contribution in [2.24, 2.45) is 0 Å². The van der Waals surface area contributed by atoms with Crippen LogP contribution in [0.2, 0.25) is 20.1 Å². The fourth-order valence-electron chi connectivity index (χ4n) is 3.18. The number of anilines is 1. The van der Waals surface area contributed by atoms with Crippen LogP contribution in [0.4, 0.5) is 5.69 Å². The maximum absolute atomic E-state index is 12.8. The molecular weight excluding hydrogens is 546 g/mol. The van der Waals surface area contributed by atoms with Gasteiger partial charge in [0.1, 0.15) is 6.04 Å². The lowest BCUT2D eigenvalue weighted by atomic mass is 10.1. The second-order valence-corrected chi connectivity index (χ2v) is 8.63. The van der Waals surface area contributed by atoms with Crippen molar-refractivity contribution in [1.29, 1.82) is 0 Å². The first-order chi connectivity index (χ1) is 16.5. The third kappa shape index (κ3) is 5.23. The van der Waals surface area contributed by atoms with E-state index in [0.29, 0.717) is 16.2 Å². The molecule has 0 aliphatic carbocycles. The number of esters is 2. The van der Waals surface area contributed by atoms with Gasteiger partial charge < -0.3 is 14.8 Å². The Bertz CT molecular complexity index is 1200. The predicted octanol–water partition coefficient (Wildman–Crippen LogP) is 4.64. The molecule has 1 aliphatic rings. The highest BCUT2D eigenvalue weighted by Gasteiger charge is 2.45. The number of halogens is 4. The van der Waals surface area contributed by atoms with E-state index in [9.17, 15) is 24.0 Å². The van der Waals surface area contributed by atoms with E-state index >= 15 is 0 Å². The summed E-state index contributed by atoms with van der Waals surface area (Å²) in [6.45, 7) is 2.44. The third-order valence-electron chi connectivity index (χ3n) is 4.89. The molecule has 0 saturated heterocycles. The largest absolute Gasteiger partial charge is 0.462 e. The van der Waals surface area contributed by atoms with Crippen molar-refractivity contribution in [2.45, 2.75) is 19.9 Å². The summed E-state index contributed by atoms with van der Waals surface area (Å²) in [7, 11) is 0. The van der Waals surface area contributed by atoms with Crippen LogP contribution in [0.25, 0.3) is 0 Å². The smallest absolute Gasteiger partial charge is 0.338 e. The molecular formula is C22H16Cl4N2O7. The highest BCUT2D eigenvalue weighted by Crippen LogP contribution is 2.45. The molecule has 1 N–H and O–H groups in total. The van der Waals surface area contributed by atoms with Crippen molar-refractivity contribution in [3.8, 4) is 0 Å². The summed E-state index contributed by atoms with van der Waals surface area (Å²) in [6, 6.07) is 4.44.